The van der Waals surface area contributed by atoms with Gasteiger partial charge in [0.05, 0.1) is 18.8 Å². The fourth-order valence-electron chi connectivity index (χ4n) is 2.22. The minimum Gasteiger partial charge on any atom is -0.481 e. The molecule has 0 saturated heterocycles. The average molecular weight is 394 g/mol. The molecule has 0 aromatic heterocycles. The van der Waals surface area contributed by atoms with Crippen molar-refractivity contribution < 1.29 is 22.7 Å². The summed E-state index contributed by atoms with van der Waals surface area (Å²) in [7, 11) is 0.500. The number of nitrogens with one attached hydrogen (secondary N) is 1. The number of allylic oxidation sites excluding steroid dienone is 2. The second-order valence-electron chi connectivity index (χ2n) is 5.46. The molecule has 1 amide bonds. The second-order valence-corrected chi connectivity index (χ2v) is 5.46. The number of benzene rings is 1. The molecule has 7 heteroatoms. The maximum absolute atomic E-state index is 13.1. The van der Waals surface area contributed by atoms with Gasteiger partial charge in [-0.2, -0.15) is 5.26 Å². The van der Waals surface area contributed by atoms with Crippen LogP contribution in [0.1, 0.15) is 37.3 Å². The molecule has 0 aliphatic rings. The van der Waals surface area contributed by atoms with Gasteiger partial charge in [0, 0.05) is 12.1 Å². The van der Waals surface area contributed by atoms with E-state index in [2.05, 4.69) is 18.5 Å². The van der Waals surface area contributed by atoms with Crippen LogP contribution in [-0.2, 0) is 4.79 Å². The van der Waals surface area contributed by atoms with E-state index in [1.54, 1.807) is 24.3 Å². The molecule has 1 unspecified atom stereocenters. The number of carbonyl (C=O) groups excluding carboxylic acids is 1. The van der Waals surface area contributed by atoms with Gasteiger partial charge in [-0.1, -0.05) is 44.7 Å². The Bertz CT molecular complexity index is 725. The highest BCUT2D eigenvalue weighted by Gasteiger charge is 2.21. The number of ether oxygens (including phenoxy) is 1. The van der Waals surface area contributed by atoms with E-state index in [9.17, 15) is 18.0 Å². The van der Waals surface area contributed by atoms with Gasteiger partial charge < -0.3 is 10.1 Å². The molecule has 0 heterocycles. The van der Waals surface area contributed by atoms with Crippen molar-refractivity contribution in [3.63, 3.8) is 0 Å². The quantitative estimate of drug-likeness (QED) is 0.565. The van der Waals surface area contributed by atoms with Crippen LogP contribution in [0.2, 0.25) is 0 Å². The third-order valence-electron chi connectivity index (χ3n) is 3.56. The van der Waals surface area contributed by atoms with Crippen LogP contribution in [0.5, 0.6) is 5.75 Å². The molecule has 0 saturated carbocycles. The normalized spacial score (nSPS) is 11.5. The molecule has 1 rings (SSSR count). The molecule has 0 bridgehead atoms. The molecule has 0 radical (unpaired) electrons. The monoisotopic (exact) mass is 394 g/mol. The number of rotatable bonds is 10. The van der Waals surface area contributed by atoms with Crippen LogP contribution >= 0.6 is 0 Å². The van der Waals surface area contributed by atoms with Crippen LogP contribution in [-0.4, -0.2) is 25.7 Å². The number of nitrogens with zero attached hydrogens (tertiary/aromatic N) is 1. The van der Waals surface area contributed by atoms with Gasteiger partial charge in [0.25, 0.3) is 12.3 Å². The van der Waals surface area contributed by atoms with Gasteiger partial charge in [0.2, 0.25) is 0 Å². The van der Waals surface area contributed by atoms with Crippen LogP contribution in [0.15, 0.2) is 55.2 Å². The molecule has 0 aliphatic heterocycles. The van der Waals surface area contributed by atoms with Crippen LogP contribution in [0, 0.1) is 11.3 Å². The first kappa shape index (κ1) is 25.0. The Morgan fingerprint density at radius 3 is 2.54 bits per heavy atom. The predicted molar refractivity (Wildman–Crippen MR) is 104 cm³/mol. The van der Waals surface area contributed by atoms with Crippen molar-refractivity contribution >= 4 is 5.91 Å². The highest BCUT2D eigenvalue weighted by molar-refractivity contribution is 5.81. The van der Waals surface area contributed by atoms with Crippen molar-refractivity contribution in [3.8, 4) is 11.8 Å². The molecule has 0 fully saturated rings. The highest BCUT2D eigenvalue weighted by Crippen LogP contribution is 2.27. The minimum absolute atomic E-state index is 0.117. The first-order valence-corrected chi connectivity index (χ1v) is 8.55. The van der Waals surface area contributed by atoms with Gasteiger partial charge >= 0.3 is 0 Å². The molecule has 0 spiro atoms. The Morgan fingerprint density at radius 1 is 1.36 bits per heavy atom. The van der Waals surface area contributed by atoms with Gasteiger partial charge in [-0.25, -0.2) is 8.78 Å². The van der Waals surface area contributed by atoms with E-state index < -0.39 is 18.1 Å². The van der Waals surface area contributed by atoms with Crippen molar-refractivity contribution in [3.05, 3.63) is 66.3 Å². The third kappa shape index (κ3) is 8.12. The third-order valence-corrected chi connectivity index (χ3v) is 3.56. The van der Waals surface area contributed by atoms with Gasteiger partial charge in [-0.15, -0.1) is 0 Å². The van der Waals surface area contributed by atoms with E-state index in [0.29, 0.717) is 20.0 Å². The molecule has 1 atom stereocenters. The molecular weight excluding hydrogens is 369 g/mol. The van der Waals surface area contributed by atoms with Crippen molar-refractivity contribution in [1.82, 2.24) is 5.32 Å². The van der Waals surface area contributed by atoms with Gasteiger partial charge in [0.15, 0.2) is 6.10 Å². The largest absolute Gasteiger partial charge is 0.481 e. The first-order valence-electron chi connectivity index (χ1n) is 8.55. The zero-order chi connectivity index (χ0) is 21.5. The van der Waals surface area contributed by atoms with Crippen LogP contribution in [0.4, 0.5) is 13.2 Å². The molecule has 1 N–H and O–H groups in total. The number of alkyl halides is 3. The van der Waals surface area contributed by atoms with Gasteiger partial charge in [-0.3, -0.25) is 9.18 Å². The summed E-state index contributed by atoms with van der Waals surface area (Å²) in [6, 6.07) is 5.50. The van der Waals surface area contributed by atoms with E-state index >= 15 is 0 Å². The number of nitriles is 1. The van der Waals surface area contributed by atoms with Crippen molar-refractivity contribution in [2.45, 2.75) is 32.3 Å². The summed E-state index contributed by atoms with van der Waals surface area (Å²) in [5, 5.41) is 11.6. The van der Waals surface area contributed by atoms with E-state index in [-0.39, 0.29) is 23.8 Å². The van der Waals surface area contributed by atoms with Crippen molar-refractivity contribution in [2.24, 2.45) is 0 Å². The Hall–Kier alpha value is -3.01. The number of hydrogen-bond donors (Lipinski definition) is 1. The van der Waals surface area contributed by atoms with Crippen LogP contribution < -0.4 is 10.1 Å². The van der Waals surface area contributed by atoms with Crippen LogP contribution in [0.3, 0.4) is 0 Å². The number of hydrogen-bond acceptors (Lipinski definition) is 3. The summed E-state index contributed by atoms with van der Waals surface area (Å²) < 4.78 is 41.2. The Labute approximate surface area is 164 Å². The summed E-state index contributed by atoms with van der Waals surface area (Å²) >= 11 is 0. The highest BCUT2D eigenvalue weighted by atomic mass is 19.3. The van der Waals surface area contributed by atoms with Crippen molar-refractivity contribution in [2.75, 3.05) is 13.7 Å². The number of amides is 1. The van der Waals surface area contributed by atoms with Crippen molar-refractivity contribution in [1.29, 1.82) is 5.26 Å². The summed E-state index contributed by atoms with van der Waals surface area (Å²) in [6.45, 7) is 9.39. The van der Waals surface area contributed by atoms with Gasteiger partial charge in [0.1, 0.15) is 5.75 Å². The summed E-state index contributed by atoms with van der Waals surface area (Å²) in [6.07, 6.45) is 2.38. The minimum atomic E-state index is -2.80. The molecule has 28 heavy (non-hydrogen) atoms. The van der Waals surface area contributed by atoms with Crippen LogP contribution in [0.25, 0.3) is 0 Å². The second kappa shape index (κ2) is 14.1. The lowest BCUT2D eigenvalue weighted by atomic mass is 10.1. The molecule has 4 nitrogen and oxygen atoms in total. The summed E-state index contributed by atoms with van der Waals surface area (Å²) in [4.78, 5) is 12.4. The summed E-state index contributed by atoms with van der Waals surface area (Å²) in [5.74, 6) is -0.231. The zero-order valence-corrected chi connectivity index (χ0v) is 16.1. The smallest absolute Gasteiger partial charge is 0.265 e. The lowest BCUT2D eigenvalue weighted by Crippen LogP contribution is -2.39. The Kier molecular flexibility index (Phi) is 12.6. The average Bonchev–Trinajstić information content (AvgIpc) is 2.71. The van der Waals surface area contributed by atoms with E-state index in [1.165, 1.54) is 12.1 Å². The fourth-order valence-corrected chi connectivity index (χ4v) is 2.22. The standard InChI is InChI=1S/C20H22F2N2O2.CH3F/c1-4-7-14(6-3)13-24-20(25)18(8-5-2)26-16-10-9-15(12-23)17(11-16)19(21)22;1-2/h4,6-7,9-11,18-19H,1,3,5,8,13H2,2H3,(H,24,25);1H3/b14-7+;. The summed E-state index contributed by atoms with van der Waals surface area (Å²) in [5.41, 5.74) is 0.250. The maximum atomic E-state index is 13.1. The molecule has 1 aromatic rings. The predicted octanol–water partition coefficient (Wildman–Crippen LogP) is 5.04. The lowest BCUT2D eigenvalue weighted by Gasteiger charge is -2.19. The lowest BCUT2D eigenvalue weighted by molar-refractivity contribution is -0.128. The SMILES string of the molecule is C=C/C=C(\C=C)CNC(=O)C(CCC)Oc1ccc(C#N)c(C(F)F)c1.CF. The molecule has 1 aromatic carbocycles. The molecular formula is C21H25F3N2O2. The van der Waals surface area contributed by atoms with E-state index in [1.807, 2.05) is 6.92 Å². The Morgan fingerprint density at radius 2 is 2.04 bits per heavy atom. The zero-order valence-electron chi connectivity index (χ0n) is 16.1. The Balaban J connectivity index is 0.00000352. The van der Waals surface area contributed by atoms with E-state index in [4.69, 9.17) is 10.00 Å². The number of carbonyl (C=O) groups is 1. The maximum Gasteiger partial charge on any atom is 0.265 e. The van der Waals surface area contributed by atoms with E-state index in [0.717, 1.165) is 11.6 Å². The topological polar surface area (TPSA) is 62.1 Å². The first-order chi connectivity index (χ1) is 13.5. The molecule has 0 aliphatic carbocycles. The van der Waals surface area contributed by atoms with Gasteiger partial charge in [-0.05, 0) is 30.2 Å². The number of halogens is 3. The molecule has 152 valence electrons. The fraction of sp³-hybridized carbons (Fsp3) is 0.333.